The number of hydrogen-bond donors (Lipinski definition) is 1. The average Bonchev–Trinajstić information content (AvgIpc) is 2.73. The minimum Gasteiger partial charge on any atom is -0.388 e. The zero-order valence-corrected chi connectivity index (χ0v) is 6.32. The first-order valence-electron chi connectivity index (χ1n) is 3.69. The summed E-state index contributed by atoms with van der Waals surface area (Å²) in [6.45, 7) is 0. The lowest BCUT2D eigenvalue weighted by Gasteiger charge is -1.89. The van der Waals surface area contributed by atoms with Crippen LogP contribution in [0.3, 0.4) is 0 Å². The molecule has 1 aromatic heterocycles. The molecule has 0 unspecified atom stereocenters. The number of carbonyl (C=O) groups is 1. The molecule has 5 heteroatoms. The van der Waals surface area contributed by atoms with Crippen molar-refractivity contribution in [3.63, 3.8) is 0 Å². The Labute approximate surface area is 68.5 Å². The summed E-state index contributed by atoms with van der Waals surface area (Å²) in [6.07, 6.45) is 1.36. The molecule has 0 bridgehead atoms. The zero-order chi connectivity index (χ0) is 8.55. The molecule has 0 radical (unpaired) electrons. The van der Waals surface area contributed by atoms with Crippen molar-refractivity contribution in [3.8, 4) is 5.88 Å². The Morgan fingerprint density at radius 2 is 2.50 bits per heavy atom. The summed E-state index contributed by atoms with van der Waals surface area (Å²) in [4.78, 5) is 10.3. The first-order valence-corrected chi connectivity index (χ1v) is 3.69. The molecule has 0 atom stereocenters. The highest BCUT2D eigenvalue weighted by Crippen LogP contribution is 2.40. The van der Waals surface area contributed by atoms with Gasteiger partial charge in [0.1, 0.15) is 5.76 Å². The Bertz CT molecular complexity index is 303. The third kappa shape index (κ3) is 1.39. The normalized spacial score (nSPS) is 16.0. The number of nitrogens with two attached hydrogens (primary N) is 1. The van der Waals surface area contributed by atoms with Gasteiger partial charge < -0.3 is 15.0 Å². The largest absolute Gasteiger partial charge is 0.411 e. The van der Waals surface area contributed by atoms with Gasteiger partial charge in [0.15, 0.2) is 0 Å². The van der Waals surface area contributed by atoms with E-state index in [0.29, 0.717) is 5.92 Å². The molecule has 12 heavy (non-hydrogen) atoms. The van der Waals surface area contributed by atoms with Crippen molar-refractivity contribution in [1.82, 2.24) is 5.16 Å². The fourth-order valence-corrected chi connectivity index (χ4v) is 0.983. The number of ether oxygens (including phenoxy) is 1. The fourth-order valence-electron chi connectivity index (χ4n) is 0.983. The van der Waals surface area contributed by atoms with E-state index in [1.165, 1.54) is 0 Å². The van der Waals surface area contributed by atoms with Crippen molar-refractivity contribution < 1.29 is 14.1 Å². The maximum atomic E-state index is 10.3. The zero-order valence-electron chi connectivity index (χ0n) is 6.32. The molecule has 1 heterocycles. The third-order valence-corrected chi connectivity index (χ3v) is 1.69. The summed E-state index contributed by atoms with van der Waals surface area (Å²) < 4.78 is 9.41. The molecule has 64 valence electrons. The number of amides is 1. The Hall–Kier alpha value is -1.52. The highest BCUT2D eigenvalue weighted by atomic mass is 16.6. The number of primary amides is 1. The van der Waals surface area contributed by atoms with Crippen LogP contribution in [0.2, 0.25) is 0 Å². The molecule has 0 saturated heterocycles. The van der Waals surface area contributed by atoms with Crippen molar-refractivity contribution in [2.45, 2.75) is 18.8 Å². The number of hydrogen-bond acceptors (Lipinski definition) is 4. The molecule has 1 aliphatic rings. The van der Waals surface area contributed by atoms with Crippen LogP contribution in [0, 0.1) is 0 Å². The molecule has 1 aliphatic carbocycles. The van der Waals surface area contributed by atoms with Crippen LogP contribution in [0.4, 0.5) is 4.79 Å². The smallest absolute Gasteiger partial charge is 0.388 e. The molecular weight excluding hydrogens is 160 g/mol. The van der Waals surface area contributed by atoms with E-state index in [0.717, 1.165) is 18.6 Å². The molecular formula is C7H8N2O3. The topological polar surface area (TPSA) is 78.4 Å². The van der Waals surface area contributed by atoms with Crippen molar-refractivity contribution in [2.75, 3.05) is 0 Å². The van der Waals surface area contributed by atoms with Crippen molar-refractivity contribution in [1.29, 1.82) is 0 Å². The number of rotatable bonds is 2. The maximum Gasteiger partial charge on any atom is 0.411 e. The molecule has 2 N–H and O–H groups in total. The monoisotopic (exact) mass is 168 g/mol. The Kier molecular flexibility index (Phi) is 1.49. The van der Waals surface area contributed by atoms with Gasteiger partial charge in [0.05, 0.1) is 0 Å². The molecule has 2 rings (SSSR count). The van der Waals surface area contributed by atoms with Crippen molar-refractivity contribution in [3.05, 3.63) is 11.8 Å². The molecule has 5 nitrogen and oxygen atoms in total. The Morgan fingerprint density at radius 1 is 1.75 bits per heavy atom. The van der Waals surface area contributed by atoms with Crippen LogP contribution in [0.15, 0.2) is 10.6 Å². The van der Waals surface area contributed by atoms with Crippen LogP contribution in [0.5, 0.6) is 5.88 Å². The maximum absolute atomic E-state index is 10.3. The van der Waals surface area contributed by atoms with Gasteiger partial charge in [-0.05, 0) is 18.0 Å². The second-order valence-corrected chi connectivity index (χ2v) is 2.76. The number of aromatic nitrogens is 1. The lowest BCUT2D eigenvalue weighted by molar-refractivity contribution is 0.206. The quantitative estimate of drug-likeness (QED) is 0.714. The lowest BCUT2D eigenvalue weighted by atomic mass is 10.3. The van der Waals surface area contributed by atoms with E-state index in [2.05, 4.69) is 9.89 Å². The van der Waals surface area contributed by atoms with Crippen molar-refractivity contribution >= 4 is 6.09 Å². The minimum absolute atomic E-state index is 0.143. The van der Waals surface area contributed by atoms with E-state index in [-0.39, 0.29) is 5.88 Å². The Morgan fingerprint density at radius 3 is 3.08 bits per heavy atom. The number of carbonyl (C=O) groups excluding carboxylic acids is 1. The van der Waals surface area contributed by atoms with Gasteiger partial charge in [0, 0.05) is 12.0 Å². The molecule has 0 aromatic carbocycles. The first-order chi connectivity index (χ1) is 5.75. The predicted octanol–water partition coefficient (Wildman–Crippen LogP) is 1.01. The van der Waals surface area contributed by atoms with Crippen LogP contribution in [0.25, 0.3) is 0 Å². The molecule has 1 fully saturated rings. The molecule has 0 aliphatic heterocycles. The second-order valence-electron chi connectivity index (χ2n) is 2.76. The summed E-state index contributed by atoms with van der Waals surface area (Å²) in [5, 5.41) is 3.52. The van der Waals surface area contributed by atoms with E-state index >= 15 is 0 Å². The van der Waals surface area contributed by atoms with Gasteiger partial charge >= 0.3 is 6.09 Å². The van der Waals surface area contributed by atoms with Gasteiger partial charge in [0.25, 0.3) is 5.88 Å². The first kappa shape index (κ1) is 7.15. The molecule has 0 spiro atoms. The van der Waals surface area contributed by atoms with E-state index in [9.17, 15) is 4.79 Å². The van der Waals surface area contributed by atoms with Crippen LogP contribution in [-0.2, 0) is 0 Å². The van der Waals surface area contributed by atoms with Gasteiger partial charge in [-0.1, -0.05) is 0 Å². The van der Waals surface area contributed by atoms with Gasteiger partial charge in [-0.15, -0.1) is 0 Å². The SMILES string of the molecule is NC(=O)Oc1cc(C2CC2)on1. The van der Waals surface area contributed by atoms with Crippen LogP contribution in [-0.4, -0.2) is 11.2 Å². The second kappa shape index (κ2) is 2.51. The molecule has 1 saturated carbocycles. The highest BCUT2D eigenvalue weighted by molar-refractivity contribution is 5.67. The van der Waals surface area contributed by atoms with E-state index in [4.69, 9.17) is 10.3 Å². The van der Waals surface area contributed by atoms with Crippen LogP contribution in [0.1, 0.15) is 24.5 Å². The van der Waals surface area contributed by atoms with Gasteiger partial charge in [0.2, 0.25) is 0 Å². The highest BCUT2D eigenvalue weighted by Gasteiger charge is 2.28. The van der Waals surface area contributed by atoms with E-state index < -0.39 is 6.09 Å². The molecule has 1 amide bonds. The standard InChI is InChI=1S/C7H8N2O3/c8-7(10)11-6-3-5(12-9-6)4-1-2-4/h3-4H,1-2H2,(H2,8,10). The van der Waals surface area contributed by atoms with Crippen LogP contribution >= 0.6 is 0 Å². The van der Waals surface area contributed by atoms with Gasteiger partial charge in [-0.25, -0.2) is 4.79 Å². The van der Waals surface area contributed by atoms with Gasteiger partial charge in [-0.3, -0.25) is 0 Å². The molecule has 1 aromatic rings. The van der Waals surface area contributed by atoms with E-state index in [1.54, 1.807) is 6.07 Å². The van der Waals surface area contributed by atoms with Gasteiger partial charge in [-0.2, -0.15) is 0 Å². The summed E-state index contributed by atoms with van der Waals surface area (Å²) in [7, 11) is 0. The average molecular weight is 168 g/mol. The summed E-state index contributed by atoms with van der Waals surface area (Å²) in [5.74, 6) is 1.37. The summed E-state index contributed by atoms with van der Waals surface area (Å²) >= 11 is 0. The van der Waals surface area contributed by atoms with Crippen molar-refractivity contribution in [2.24, 2.45) is 5.73 Å². The number of nitrogens with zero attached hydrogens (tertiary/aromatic N) is 1. The fraction of sp³-hybridized carbons (Fsp3) is 0.429. The minimum atomic E-state index is -0.870. The summed E-state index contributed by atoms with van der Waals surface area (Å²) in [6, 6.07) is 1.60. The third-order valence-electron chi connectivity index (χ3n) is 1.69. The predicted molar refractivity (Wildman–Crippen MR) is 38.7 cm³/mol. The van der Waals surface area contributed by atoms with Crippen LogP contribution < -0.4 is 10.5 Å². The summed E-state index contributed by atoms with van der Waals surface area (Å²) in [5.41, 5.74) is 4.78. The van der Waals surface area contributed by atoms with E-state index in [1.807, 2.05) is 0 Å². The lowest BCUT2D eigenvalue weighted by Crippen LogP contribution is -2.16. The Balaban J connectivity index is 2.07.